The van der Waals surface area contributed by atoms with E-state index >= 15 is 0 Å². The fraction of sp³-hybridized carbons (Fsp3) is 0.350. The number of hydrogen-bond acceptors (Lipinski definition) is 3. The van der Waals surface area contributed by atoms with Crippen LogP contribution in [0.5, 0.6) is 11.5 Å². The normalized spacial score (nSPS) is 10.2. The van der Waals surface area contributed by atoms with E-state index in [4.69, 9.17) is 9.47 Å². The zero-order valence-electron chi connectivity index (χ0n) is 15.1. The first kappa shape index (κ1) is 18.6. The monoisotopic (exact) mass is 342 g/mol. The number of nitrogens with zero attached hydrogens (tertiary/aromatic N) is 1. The summed E-state index contributed by atoms with van der Waals surface area (Å²) >= 11 is 0. The molecule has 0 fully saturated rings. The Morgan fingerprint density at radius 2 is 1.68 bits per heavy atom. The van der Waals surface area contributed by atoms with E-state index in [1.807, 2.05) is 48.5 Å². The van der Waals surface area contributed by atoms with E-state index in [1.165, 1.54) is 5.56 Å². The minimum Gasteiger partial charge on any atom is -0.497 e. The van der Waals surface area contributed by atoms with Crippen molar-refractivity contribution >= 4 is 11.7 Å². The second-order valence-corrected chi connectivity index (χ2v) is 5.82. The maximum Gasteiger partial charge on any atom is 0.321 e. The van der Waals surface area contributed by atoms with Crippen LogP contribution in [0.15, 0.2) is 48.5 Å². The van der Waals surface area contributed by atoms with Crippen LogP contribution in [0.25, 0.3) is 0 Å². The number of carbonyl (C=O) groups excluding carboxylic acids is 1. The Morgan fingerprint density at radius 1 is 1.04 bits per heavy atom. The van der Waals surface area contributed by atoms with E-state index in [-0.39, 0.29) is 6.03 Å². The Hall–Kier alpha value is -2.69. The van der Waals surface area contributed by atoms with E-state index < -0.39 is 0 Å². The molecule has 2 amide bonds. The number of ether oxygens (including phenoxy) is 2. The second-order valence-electron chi connectivity index (χ2n) is 5.82. The third-order valence-electron chi connectivity index (χ3n) is 3.85. The molecule has 0 radical (unpaired) electrons. The first-order chi connectivity index (χ1) is 12.1. The fourth-order valence-corrected chi connectivity index (χ4v) is 2.34. The van der Waals surface area contributed by atoms with Crippen molar-refractivity contribution in [1.29, 1.82) is 0 Å². The predicted molar refractivity (Wildman–Crippen MR) is 101 cm³/mol. The van der Waals surface area contributed by atoms with Crippen LogP contribution in [0.4, 0.5) is 10.5 Å². The van der Waals surface area contributed by atoms with Crippen molar-refractivity contribution in [3.63, 3.8) is 0 Å². The molecule has 0 aromatic heterocycles. The van der Waals surface area contributed by atoms with Crippen LogP contribution in [-0.4, -0.2) is 38.2 Å². The lowest BCUT2D eigenvalue weighted by Gasteiger charge is -2.18. The molecule has 2 rings (SSSR count). The molecule has 0 spiro atoms. The Kier molecular flexibility index (Phi) is 7.14. The standard InChI is InChI=1S/C20H26N2O3/c1-4-5-16-6-8-17(9-7-16)21-20(23)22(2)14-15-25-19-12-10-18(24-3)11-13-19/h6-13H,4-5,14-15H2,1-3H3,(H,21,23). The summed E-state index contributed by atoms with van der Waals surface area (Å²) in [6, 6.07) is 15.2. The van der Waals surface area contributed by atoms with E-state index in [1.54, 1.807) is 19.1 Å². The fourth-order valence-electron chi connectivity index (χ4n) is 2.34. The Bertz CT molecular complexity index is 654. The van der Waals surface area contributed by atoms with Crippen molar-refractivity contribution in [2.24, 2.45) is 0 Å². The first-order valence-corrected chi connectivity index (χ1v) is 8.50. The molecule has 0 unspecified atom stereocenters. The van der Waals surface area contributed by atoms with Crippen molar-refractivity contribution in [3.8, 4) is 11.5 Å². The number of likely N-dealkylation sites (N-methyl/N-ethyl adjacent to an activating group) is 1. The van der Waals surface area contributed by atoms with Gasteiger partial charge in [0.1, 0.15) is 18.1 Å². The molecule has 0 aliphatic rings. The highest BCUT2D eigenvalue weighted by Crippen LogP contribution is 2.17. The number of carbonyl (C=O) groups is 1. The summed E-state index contributed by atoms with van der Waals surface area (Å²) in [6.07, 6.45) is 2.17. The van der Waals surface area contributed by atoms with Crippen molar-refractivity contribution in [2.45, 2.75) is 19.8 Å². The molecule has 0 saturated heterocycles. The summed E-state index contributed by atoms with van der Waals surface area (Å²) in [5.74, 6) is 1.54. The molecule has 5 heteroatoms. The minimum atomic E-state index is -0.151. The average molecular weight is 342 g/mol. The van der Waals surface area contributed by atoms with Gasteiger partial charge in [0.2, 0.25) is 0 Å². The number of rotatable bonds is 8. The molecule has 2 aromatic carbocycles. The Balaban J connectivity index is 1.75. The van der Waals surface area contributed by atoms with E-state index in [9.17, 15) is 4.79 Å². The summed E-state index contributed by atoms with van der Waals surface area (Å²) < 4.78 is 10.7. The first-order valence-electron chi connectivity index (χ1n) is 8.50. The Labute approximate surface area is 149 Å². The Morgan fingerprint density at radius 3 is 2.28 bits per heavy atom. The molecule has 0 bridgehead atoms. The third kappa shape index (κ3) is 6.03. The van der Waals surface area contributed by atoms with Crippen LogP contribution >= 0.6 is 0 Å². The maximum atomic E-state index is 12.2. The summed E-state index contributed by atoms with van der Waals surface area (Å²) in [4.78, 5) is 13.8. The molecule has 0 aliphatic carbocycles. The van der Waals surface area contributed by atoms with Crippen LogP contribution in [0.1, 0.15) is 18.9 Å². The number of amides is 2. The maximum absolute atomic E-state index is 12.2. The zero-order chi connectivity index (χ0) is 18.1. The van der Waals surface area contributed by atoms with Gasteiger partial charge in [-0.05, 0) is 48.4 Å². The molecule has 1 N–H and O–H groups in total. The van der Waals surface area contributed by atoms with Gasteiger partial charge in [0.25, 0.3) is 0 Å². The molecular formula is C20H26N2O3. The van der Waals surface area contributed by atoms with Gasteiger partial charge in [-0.1, -0.05) is 25.5 Å². The number of nitrogens with one attached hydrogen (secondary N) is 1. The molecule has 134 valence electrons. The van der Waals surface area contributed by atoms with Gasteiger partial charge >= 0.3 is 6.03 Å². The van der Waals surface area contributed by atoms with Crippen LogP contribution < -0.4 is 14.8 Å². The molecule has 25 heavy (non-hydrogen) atoms. The highest BCUT2D eigenvalue weighted by atomic mass is 16.5. The number of methoxy groups -OCH3 is 1. The molecular weight excluding hydrogens is 316 g/mol. The number of aryl methyl sites for hydroxylation is 1. The van der Waals surface area contributed by atoms with Crippen molar-refractivity contribution < 1.29 is 14.3 Å². The van der Waals surface area contributed by atoms with Gasteiger partial charge in [-0.3, -0.25) is 0 Å². The summed E-state index contributed by atoms with van der Waals surface area (Å²) in [6.45, 7) is 3.07. The molecule has 0 atom stereocenters. The smallest absolute Gasteiger partial charge is 0.321 e. The lowest BCUT2D eigenvalue weighted by Crippen LogP contribution is -2.34. The molecule has 0 heterocycles. The lowest BCUT2D eigenvalue weighted by molar-refractivity contribution is 0.207. The van der Waals surface area contributed by atoms with Gasteiger partial charge in [0, 0.05) is 12.7 Å². The molecule has 5 nitrogen and oxygen atoms in total. The van der Waals surface area contributed by atoms with Crippen LogP contribution in [0.2, 0.25) is 0 Å². The summed E-state index contributed by atoms with van der Waals surface area (Å²) in [7, 11) is 3.37. The van der Waals surface area contributed by atoms with Gasteiger partial charge in [0.05, 0.1) is 13.7 Å². The number of anilines is 1. The van der Waals surface area contributed by atoms with E-state index in [0.717, 1.165) is 30.0 Å². The number of benzene rings is 2. The highest BCUT2D eigenvalue weighted by Gasteiger charge is 2.09. The number of urea groups is 1. The summed E-state index contributed by atoms with van der Waals surface area (Å²) in [5.41, 5.74) is 2.08. The van der Waals surface area contributed by atoms with Crippen LogP contribution in [-0.2, 0) is 6.42 Å². The average Bonchev–Trinajstić information content (AvgIpc) is 2.64. The third-order valence-corrected chi connectivity index (χ3v) is 3.85. The zero-order valence-corrected chi connectivity index (χ0v) is 15.1. The topological polar surface area (TPSA) is 50.8 Å². The van der Waals surface area contributed by atoms with Gasteiger partial charge < -0.3 is 19.7 Å². The largest absolute Gasteiger partial charge is 0.497 e. The van der Waals surface area contributed by atoms with Gasteiger partial charge in [-0.2, -0.15) is 0 Å². The lowest BCUT2D eigenvalue weighted by atomic mass is 10.1. The van der Waals surface area contributed by atoms with Gasteiger partial charge in [0.15, 0.2) is 0 Å². The highest BCUT2D eigenvalue weighted by molar-refractivity contribution is 5.89. The SMILES string of the molecule is CCCc1ccc(NC(=O)N(C)CCOc2ccc(OC)cc2)cc1. The molecule has 0 saturated carbocycles. The quantitative estimate of drug-likeness (QED) is 0.782. The van der Waals surface area contributed by atoms with Crippen molar-refractivity contribution in [2.75, 3.05) is 32.6 Å². The van der Waals surface area contributed by atoms with Crippen LogP contribution in [0, 0.1) is 0 Å². The molecule has 2 aromatic rings. The van der Waals surface area contributed by atoms with Crippen LogP contribution in [0.3, 0.4) is 0 Å². The van der Waals surface area contributed by atoms with E-state index in [0.29, 0.717) is 13.2 Å². The predicted octanol–water partition coefficient (Wildman–Crippen LogP) is 4.19. The number of hydrogen-bond donors (Lipinski definition) is 1. The second kappa shape index (κ2) is 9.57. The van der Waals surface area contributed by atoms with Gasteiger partial charge in [-0.25, -0.2) is 4.79 Å². The molecule has 0 aliphatic heterocycles. The minimum absolute atomic E-state index is 0.151. The summed E-state index contributed by atoms with van der Waals surface area (Å²) in [5, 5.41) is 2.89. The van der Waals surface area contributed by atoms with E-state index in [2.05, 4.69) is 12.2 Å². The van der Waals surface area contributed by atoms with Crippen molar-refractivity contribution in [3.05, 3.63) is 54.1 Å². The van der Waals surface area contributed by atoms with Gasteiger partial charge in [-0.15, -0.1) is 0 Å². The van der Waals surface area contributed by atoms with Crippen molar-refractivity contribution in [1.82, 2.24) is 4.90 Å².